The van der Waals surface area contributed by atoms with Crippen molar-refractivity contribution in [2.45, 2.75) is 45.6 Å². The molecule has 0 aromatic heterocycles. The summed E-state index contributed by atoms with van der Waals surface area (Å²) in [6.07, 6.45) is 4.59. The predicted molar refractivity (Wildman–Crippen MR) is 104 cm³/mol. The zero-order chi connectivity index (χ0) is 18.2. The molecular weight excluding hydrogens is 312 g/mol. The van der Waals surface area contributed by atoms with Gasteiger partial charge in [0.15, 0.2) is 5.96 Å². The molecule has 2 atom stereocenters. The van der Waals surface area contributed by atoms with E-state index in [0.29, 0.717) is 11.6 Å². The van der Waals surface area contributed by atoms with Gasteiger partial charge in [0, 0.05) is 32.2 Å². The average molecular weight is 345 g/mol. The highest BCUT2D eigenvalue weighted by Crippen LogP contribution is 2.28. The maximum atomic E-state index is 11.7. The SMILES string of the molecule is CN=C(NCCc1cccc(C(=O)NC)c1)NC1CC(C)CC(C)C1. The molecule has 1 amide bonds. The molecule has 0 spiro atoms. The standard InChI is InChI=1S/C20H32N4O/c1-14-10-15(2)12-18(11-14)24-20(22-4)23-9-8-16-6-5-7-17(13-16)19(25)21-3/h5-7,13-15,18H,8-12H2,1-4H3,(H,21,25)(H2,22,23,24). The van der Waals surface area contributed by atoms with Gasteiger partial charge in [-0.1, -0.05) is 26.0 Å². The molecule has 2 rings (SSSR count). The van der Waals surface area contributed by atoms with E-state index in [1.165, 1.54) is 19.3 Å². The van der Waals surface area contributed by atoms with Crippen LogP contribution in [0.1, 0.15) is 49.0 Å². The first-order chi connectivity index (χ1) is 12.0. The Hall–Kier alpha value is -2.04. The Labute approximate surface area is 151 Å². The van der Waals surface area contributed by atoms with Gasteiger partial charge in [-0.15, -0.1) is 0 Å². The molecule has 1 aliphatic carbocycles. The molecule has 0 bridgehead atoms. The fraction of sp³-hybridized carbons (Fsp3) is 0.600. The third-order valence-electron chi connectivity index (χ3n) is 4.87. The van der Waals surface area contributed by atoms with Crippen LogP contribution in [0.3, 0.4) is 0 Å². The first-order valence-corrected chi connectivity index (χ1v) is 9.30. The fourth-order valence-corrected chi connectivity index (χ4v) is 3.79. The minimum Gasteiger partial charge on any atom is -0.356 e. The molecule has 0 saturated heterocycles. The molecule has 1 saturated carbocycles. The van der Waals surface area contributed by atoms with Gasteiger partial charge in [-0.3, -0.25) is 9.79 Å². The van der Waals surface area contributed by atoms with Crippen molar-refractivity contribution >= 4 is 11.9 Å². The monoisotopic (exact) mass is 344 g/mol. The Morgan fingerprint density at radius 3 is 2.56 bits per heavy atom. The number of guanidine groups is 1. The lowest BCUT2D eigenvalue weighted by molar-refractivity contribution is 0.0963. The molecule has 1 aliphatic rings. The van der Waals surface area contributed by atoms with Gasteiger partial charge < -0.3 is 16.0 Å². The minimum absolute atomic E-state index is 0.0483. The Balaban J connectivity index is 1.82. The second-order valence-electron chi connectivity index (χ2n) is 7.29. The van der Waals surface area contributed by atoms with Gasteiger partial charge in [0.05, 0.1) is 0 Å². The van der Waals surface area contributed by atoms with Crippen LogP contribution >= 0.6 is 0 Å². The first-order valence-electron chi connectivity index (χ1n) is 9.30. The van der Waals surface area contributed by atoms with Crippen LogP contribution in [0.4, 0.5) is 0 Å². The van der Waals surface area contributed by atoms with Crippen LogP contribution in [0.15, 0.2) is 29.3 Å². The van der Waals surface area contributed by atoms with E-state index in [1.807, 2.05) is 25.2 Å². The minimum atomic E-state index is -0.0483. The number of hydrogen-bond donors (Lipinski definition) is 3. The third-order valence-corrected chi connectivity index (χ3v) is 4.87. The van der Waals surface area contributed by atoms with Gasteiger partial charge in [-0.05, 0) is 55.2 Å². The predicted octanol–water partition coefficient (Wildman–Crippen LogP) is 2.58. The topological polar surface area (TPSA) is 65.5 Å². The van der Waals surface area contributed by atoms with E-state index in [2.05, 4.69) is 40.9 Å². The molecule has 0 aliphatic heterocycles. The zero-order valence-electron chi connectivity index (χ0n) is 15.9. The number of aliphatic imine (C=N–C) groups is 1. The maximum Gasteiger partial charge on any atom is 0.251 e. The normalized spacial score (nSPS) is 23.8. The summed E-state index contributed by atoms with van der Waals surface area (Å²) >= 11 is 0. The highest BCUT2D eigenvalue weighted by molar-refractivity contribution is 5.94. The van der Waals surface area contributed by atoms with Crippen molar-refractivity contribution in [3.63, 3.8) is 0 Å². The molecule has 5 nitrogen and oxygen atoms in total. The van der Waals surface area contributed by atoms with Crippen LogP contribution in [0.5, 0.6) is 0 Å². The third kappa shape index (κ3) is 6.07. The van der Waals surface area contributed by atoms with E-state index in [0.717, 1.165) is 36.3 Å². The largest absolute Gasteiger partial charge is 0.356 e. The lowest BCUT2D eigenvalue weighted by Crippen LogP contribution is -2.46. The van der Waals surface area contributed by atoms with Crippen LogP contribution in [0, 0.1) is 11.8 Å². The van der Waals surface area contributed by atoms with E-state index in [1.54, 1.807) is 7.05 Å². The number of benzene rings is 1. The molecular formula is C20H32N4O. The molecule has 3 N–H and O–H groups in total. The van der Waals surface area contributed by atoms with E-state index in [4.69, 9.17) is 0 Å². The van der Waals surface area contributed by atoms with Crippen LogP contribution in [0.25, 0.3) is 0 Å². The number of nitrogens with one attached hydrogen (secondary N) is 3. The lowest BCUT2D eigenvalue weighted by Gasteiger charge is -2.32. The van der Waals surface area contributed by atoms with Crippen LogP contribution < -0.4 is 16.0 Å². The van der Waals surface area contributed by atoms with Crippen molar-refractivity contribution < 1.29 is 4.79 Å². The summed E-state index contributed by atoms with van der Waals surface area (Å²) in [7, 11) is 3.47. The summed E-state index contributed by atoms with van der Waals surface area (Å²) in [6, 6.07) is 8.26. The zero-order valence-corrected chi connectivity index (χ0v) is 15.9. The van der Waals surface area contributed by atoms with Crippen molar-refractivity contribution in [3.8, 4) is 0 Å². The van der Waals surface area contributed by atoms with Crippen molar-refractivity contribution in [1.29, 1.82) is 0 Å². The van der Waals surface area contributed by atoms with E-state index in [9.17, 15) is 4.79 Å². The number of carbonyl (C=O) groups is 1. The van der Waals surface area contributed by atoms with E-state index >= 15 is 0 Å². The molecule has 1 aromatic rings. The van der Waals surface area contributed by atoms with Crippen molar-refractivity contribution in [2.75, 3.05) is 20.6 Å². The number of carbonyl (C=O) groups excluding carboxylic acids is 1. The Bertz CT molecular complexity index is 589. The number of hydrogen-bond acceptors (Lipinski definition) is 2. The van der Waals surface area contributed by atoms with Gasteiger partial charge in [0.2, 0.25) is 0 Å². The van der Waals surface area contributed by atoms with Crippen LogP contribution in [0.2, 0.25) is 0 Å². The average Bonchev–Trinajstić information content (AvgIpc) is 2.59. The molecule has 25 heavy (non-hydrogen) atoms. The Kier molecular flexibility index (Phi) is 7.29. The maximum absolute atomic E-state index is 11.7. The number of amides is 1. The smallest absolute Gasteiger partial charge is 0.251 e. The molecule has 0 heterocycles. The van der Waals surface area contributed by atoms with Gasteiger partial charge in [-0.2, -0.15) is 0 Å². The van der Waals surface area contributed by atoms with Gasteiger partial charge >= 0.3 is 0 Å². The van der Waals surface area contributed by atoms with Gasteiger partial charge in [-0.25, -0.2) is 0 Å². The molecule has 1 aromatic carbocycles. The summed E-state index contributed by atoms with van der Waals surface area (Å²) in [5, 5.41) is 9.62. The van der Waals surface area contributed by atoms with E-state index in [-0.39, 0.29) is 5.91 Å². The van der Waals surface area contributed by atoms with E-state index < -0.39 is 0 Å². The summed E-state index contributed by atoms with van der Waals surface area (Å²) in [6.45, 7) is 5.45. The van der Waals surface area contributed by atoms with Gasteiger partial charge in [0.1, 0.15) is 0 Å². The Morgan fingerprint density at radius 2 is 1.92 bits per heavy atom. The van der Waals surface area contributed by atoms with Crippen LogP contribution in [-0.4, -0.2) is 38.5 Å². The van der Waals surface area contributed by atoms with Crippen molar-refractivity contribution in [2.24, 2.45) is 16.8 Å². The summed E-state index contributed by atoms with van der Waals surface area (Å²) in [4.78, 5) is 16.1. The molecule has 138 valence electrons. The van der Waals surface area contributed by atoms with Crippen LogP contribution in [-0.2, 0) is 6.42 Å². The fourth-order valence-electron chi connectivity index (χ4n) is 3.79. The quantitative estimate of drug-likeness (QED) is 0.568. The second-order valence-corrected chi connectivity index (χ2v) is 7.29. The van der Waals surface area contributed by atoms with Crippen molar-refractivity contribution in [1.82, 2.24) is 16.0 Å². The molecule has 2 unspecified atom stereocenters. The summed E-state index contributed by atoms with van der Waals surface area (Å²) < 4.78 is 0. The summed E-state index contributed by atoms with van der Waals surface area (Å²) in [5.74, 6) is 2.36. The first kappa shape index (κ1) is 19.3. The number of nitrogens with zero attached hydrogens (tertiary/aromatic N) is 1. The second kappa shape index (κ2) is 9.44. The Morgan fingerprint density at radius 1 is 1.20 bits per heavy atom. The van der Waals surface area contributed by atoms with Gasteiger partial charge in [0.25, 0.3) is 5.91 Å². The highest BCUT2D eigenvalue weighted by Gasteiger charge is 2.24. The molecule has 0 radical (unpaired) electrons. The molecule has 1 fully saturated rings. The van der Waals surface area contributed by atoms with Crippen molar-refractivity contribution in [3.05, 3.63) is 35.4 Å². The summed E-state index contributed by atoms with van der Waals surface area (Å²) in [5.41, 5.74) is 1.84. The lowest BCUT2D eigenvalue weighted by atomic mass is 9.80. The number of rotatable bonds is 5. The molecule has 5 heteroatoms. The highest BCUT2D eigenvalue weighted by atomic mass is 16.1.